The number of carbonyl (C=O) groups excluding carboxylic acids is 3. The molecule has 17 heteroatoms. The zero-order valence-electron chi connectivity index (χ0n) is 31.5. The van der Waals surface area contributed by atoms with E-state index in [0.717, 1.165) is 99.0 Å². The Morgan fingerprint density at radius 1 is 0.965 bits per heavy atom. The summed E-state index contributed by atoms with van der Waals surface area (Å²) in [4.78, 5) is 59.2. The van der Waals surface area contributed by atoms with E-state index in [1.165, 1.54) is 4.57 Å². The van der Waals surface area contributed by atoms with Gasteiger partial charge in [-0.25, -0.2) is 18.6 Å². The number of piperidine rings is 1. The molecule has 3 fully saturated rings. The quantitative estimate of drug-likeness (QED) is 0.140. The minimum atomic E-state index is -1.78. The normalized spacial score (nSPS) is 20.7. The monoisotopic (exact) mass is 787 g/mol. The number of amides is 3. The summed E-state index contributed by atoms with van der Waals surface area (Å²) >= 11 is 0. The first-order valence-corrected chi connectivity index (χ1v) is 19.5. The molecule has 3 N–H and O–H groups in total. The maximum atomic E-state index is 14.1. The van der Waals surface area contributed by atoms with Crippen molar-refractivity contribution in [3.05, 3.63) is 81.8 Å². The predicted molar refractivity (Wildman–Crippen MR) is 204 cm³/mol. The summed E-state index contributed by atoms with van der Waals surface area (Å²) < 4.78 is 46.6. The van der Waals surface area contributed by atoms with Crippen molar-refractivity contribution >= 4 is 45.5 Å². The van der Waals surface area contributed by atoms with Gasteiger partial charge in [-0.05, 0) is 87.2 Å². The topological polar surface area (TPSA) is 160 Å². The number of hydrogen-bond donors (Lipinski definition) is 3. The fourth-order valence-electron chi connectivity index (χ4n) is 8.49. The molecule has 0 spiro atoms. The van der Waals surface area contributed by atoms with Crippen LogP contribution in [-0.2, 0) is 23.1 Å². The predicted octanol–water partition coefficient (Wildman–Crippen LogP) is 4.10. The van der Waals surface area contributed by atoms with Crippen molar-refractivity contribution in [3.63, 3.8) is 0 Å². The summed E-state index contributed by atoms with van der Waals surface area (Å²) in [6.45, 7) is 4.68. The number of imide groups is 1. The summed E-state index contributed by atoms with van der Waals surface area (Å²) in [7, 11) is 1.71. The number of fused-ring (bicyclic) bond motifs is 2. The molecular weight excluding hydrogens is 743 g/mol. The van der Waals surface area contributed by atoms with E-state index in [1.807, 2.05) is 29.1 Å². The number of nitrogens with one attached hydrogen (secondary N) is 2. The van der Waals surface area contributed by atoms with Gasteiger partial charge in [0.15, 0.2) is 17.4 Å². The fraction of sp³-hybridized carbons (Fsp3) is 0.450. The zero-order chi connectivity index (χ0) is 40.0. The first-order chi connectivity index (χ1) is 27.4. The molecule has 5 heterocycles. The largest absolute Gasteiger partial charge is 0.503 e. The van der Waals surface area contributed by atoms with Gasteiger partial charge in [0.05, 0.1) is 28.8 Å². The number of pyridine rings is 1. The average molecular weight is 788 g/mol. The van der Waals surface area contributed by atoms with E-state index in [-0.39, 0.29) is 36.5 Å². The Labute approximate surface area is 325 Å². The summed E-state index contributed by atoms with van der Waals surface area (Å²) in [6, 6.07) is 7.99. The number of nitrogens with zero attached hydrogens (tertiary/aromatic N) is 7. The fourth-order valence-corrected chi connectivity index (χ4v) is 8.49. The van der Waals surface area contributed by atoms with E-state index in [2.05, 4.69) is 32.7 Å². The Morgan fingerprint density at radius 2 is 1.74 bits per heavy atom. The van der Waals surface area contributed by atoms with E-state index < -0.39 is 46.6 Å². The standard InChI is InChI=1S/C40H44F3N9O5/c1-48-32-17-23(6-9-30(32)52(40(48)57)31-10-11-34(53)46-39(31)56)3-2-12-49-13-15-50(16-14-49)33-18-25-22-51(47-29(25)21-44-33)26-7-4-24(5-8-26)20-45-38(55)27-19-28(41)37(54)36(43)35(27)42/h6,9,17-19,21-22,24,26,31,54H,2-5,7-8,10-16,20H2,1H3,(H,45,55)(H,46,53,56)/t24-,26-,31?. The molecule has 14 nitrogen and oxygen atoms in total. The first kappa shape index (κ1) is 38.2. The maximum Gasteiger partial charge on any atom is 0.329 e. The molecule has 1 saturated carbocycles. The number of aromatic hydroxyl groups is 1. The zero-order valence-corrected chi connectivity index (χ0v) is 31.5. The highest BCUT2D eigenvalue weighted by Gasteiger charge is 2.32. The lowest BCUT2D eigenvalue weighted by molar-refractivity contribution is -0.135. The number of rotatable bonds is 10. The second-order valence-electron chi connectivity index (χ2n) is 15.4. The maximum absolute atomic E-state index is 14.1. The van der Waals surface area contributed by atoms with Crippen LogP contribution in [0.15, 0.2) is 47.5 Å². The number of hydrogen-bond acceptors (Lipinski definition) is 9. The lowest BCUT2D eigenvalue weighted by atomic mass is 9.86. The Bertz CT molecular complexity index is 2430. The first-order valence-electron chi connectivity index (χ1n) is 19.5. The summed E-state index contributed by atoms with van der Waals surface area (Å²) in [5.74, 6) is -6.87. The summed E-state index contributed by atoms with van der Waals surface area (Å²) in [5.41, 5.74) is 2.34. The highest BCUT2D eigenvalue weighted by Crippen LogP contribution is 2.33. The molecule has 1 unspecified atom stereocenters. The van der Waals surface area contributed by atoms with E-state index in [4.69, 9.17) is 10.1 Å². The van der Waals surface area contributed by atoms with Crippen LogP contribution in [0.4, 0.5) is 19.0 Å². The second-order valence-corrected chi connectivity index (χ2v) is 15.4. The van der Waals surface area contributed by atoms with Crippen LogP contribution in [0.3, 0.4) is 0 Å². The third kappa shape index (κ3) is 7.59. The molecule has 0 bridgehead atoms. The third-order valence-electron chi connectivity index (χ3n) is 11.8. The lowest BCUT2D eigenvalue weighted by Crippen LogP contribution is -2.47. The van der Waals surface area contributed by atoms with E-state index in [9.17, 15) is 37.5 Å². The van der Waals surface area contributed by atoms with Gasteiger partial charge in [-0.1, -0.05) is 6.07 Å². The van der Waals surface area contributed by atoms with E-state index in [1.54, 1.807) is 11.6 Å². The molecule has 8 rings (SSSR count). The Hall–Kier alpha value is -5.71. The lowest BCUT2D eigenvalue weighted by Gasteiger charge is -2.35. The van der Waals surface area contributed by atoms with Gasteiger partial charge < -0.3 is 15.3 Å². The highest BCUT2D eigenvalue weighted by atomic mass is 19.2. The molecule has 300 valence electrons. The van der Waals surface area contributed by atoms with Crippen LogP contribution in [-0.4, -0.2) is 90.9 Å². The van der Waals surface area contributed by atoms with E-state index in [0.29, 0.717) is 18.0 Å². The summed E-state index contributed by atoms with van der Waals surface area (Å²) in [6.07, 6.45) is 9.39. The number of piperazine rings is 1. The van der Waals surface area contributed by atoms with Crippen LogP contribution in [0.1, 0.15) is 73.0 Å². The molecule has 57 heavy (non-hydrogen) atoms. The molecule has 1 atom stereocenters. The van der Waals surface area contributed by atoms with Gasteiger partial charge >= 0.3 is 5.69 Å². The van der Waals surface area contributed by atoms with Crippen molar-refractivity contribution in [1.82, 2.24) is 39.4 Å². The number of benzene rings is 2. The number of anilines is 1. The second kappa shape index (κ2) is 15.7. The van der Waals surface area contributed by atoms with Crippen molar-refractivity contribution in [2.75, 3.05) is 44.2 Å². The van der Waals surface area contributed by atoms with Crippen molar-refractivity contribution < 1.29 is 32.7 Å². The molecule has 2 saturated heterocycles. The molecule has 3 aliphatic rings. The molecule has 2 aromatic carbocycles. The third-order valence-corrected chi connectivity index (χ3v) is 11.8. The van der Waals surface area contributed by atoms with Gasteiger partial charge in [-0.15, -0.1) is 0 Å². The van der Waals surface area contributed by atoms with Crippen LogP contribution in [0.5, 0.6) is 5.75 Å². The van der Waals surface area contributed by atoms with Gasteiger partial charge in [0.25, 0.3) is 5.91 Å². The van der Waals surface area contributed by atoms with Gasteiger partial charge in [-0.3, -0.25) is 38.4 Å². The van der Waals surface area contributed by atoms with Gasteiger partial charge in [0, 0.05) is 57.8 Å². The van der Waals surface area contributed by atoms with Crippen molar-refractivity contribution in [1.29, 1.82) is 0 Å². The number of halogens is 3. The van der Waals surface area contributed by atoms with Crippen LogP contribution in [0.25, 0.3) is 21.9 Å². The number of carbonyl (C=O) groups is 3. The van der Waals surface area contributed by atoms with Crippen LogP contribution in [0, 0.1) is 23.4 Å². The minimum Gasteiger partial charge on any atom is -0.503 e. The molecular formula is C40H44F3N9O5. The SMILES string of the molecule is Cn1c(=O)n(C2CCC(=O)NC2=O)c2ccc(CCCN3CCN(c4cc5cn([C@H]6CC[C@H](CNC(=O)c7cc(F)c(O)c(F)c7F)CC6)nc5cn4)CC3)cc21. The Kier molecular flexibility index (Phi) is 10.5. The van der Waals surface area contributed by atoms with Crippen LogP contribution >= 0.6 is 0 Å². The van der Waals surface area contributed by atoms with E-state index >= 15 is 0 Å². The molecule has 1 aliphatic carbocycles. The van der Waals surface area contributed by atoms with Gasteiger partial charge in [0.1, 0.15) is 17.4 Å². The molecule has 3 aromatic heterocycles. The smallest absolute Gasteiger partial charge is 0.329 e. The average Bonchev–Trinajstić information content (AvgIpc) is 3.75. The van der Waals surface area contributed by atoms with Crippen LogP contribution in [0.2, 0.25) is 0 Å². The molecule has 3 amide bonds. The van der Waals surface area contributed by atoms with Crippen LogP contribution < -0.4 is 21.2 Å². The minimum absolute atomic E-state index is 0.116. The molecule has 0 radical (unpaired) electrons. The number of aryl methyl sites for hydroxylation is 2. The van der Waals surface area contributed by atoms with Crippen molar-refractivity contribution in [3.8, 4) is 5.75 Å². The van der Waals surface area contributed by atoms with Gasteiger partial charge in [0.2, 0.25) is 17.6 Å². The number of aromatic nitrogens is 5. The Balaban J connectivity index is 0.800. The molecule has 2 aliphatic heterocycles. The van der Waals surface area contributed by atoms with Crippen molar-refractivity contribution in [2.24, 2.45) is 13.0 Å². The number of imidazole rings is 1. The highest BCUT2D eigenvalue weighted by molar-refractivity contribution is 6.00. The van der Waals surface area contributed by atoms with Crippen molar-refractivity contribution in [2.45, 2.75) is 63.5 Å². The molecule has 5 aromatic rings. The Morgan fingerprint density at radius 3 is 2.49 bits per heavy atom. The summed E-state index contributed by atoms with van der Waals surface area (Å²) in [5, 5.41) is 20.0. The van der Waals surface area contributed by atoms with Gasteiger partial charge in [-0.2, -0.15) is 9.49 Å². The number of phenols is 1. The number of phenolic OH excluding ortho intramolecular Hbond substituents is 1.